The van der Waals surface area contributed by atoms with Gasteiger partial charge in [0.2, 0.25) is 11.0 Å². The minimum absolute atomic E-state index is 0.581. The summed E-state index contributed by atoms with van der Waals surface area (Å²) < 4.78 is 4.21. The summed E-state index contributed by atoms with van der Waals surface area (Å²) in [7, 11) is 0. The summed E-state index contributed by atoms with van der Waals surface area (Å²) in [6, 6.07) is 2.38. The largest absolute Gasteiger partial charge is 0.358 e. The molecule has 1 saturated carbocycles. The lowest BCUT2D eigenvalue weighted by Crippen LogP contribution is -1.99. The molecule has 0 aliphatic heterocycles. The van der Waals surface area contributed by atoms with E-state index >= 15 is 0 Å². The number of rotatable bonds is 3. The van der Waals surface area contributed by atoms with Crippen molar-refractivity contribution in [1.82, 2.24) is 19.3 Å². The van der Waals surface area contributed by atoms with Crippen LogP contribution in [0.25, 0.3) is 11.6 Å². The lowest BCUT2D eigenvalue weighted by atomic mass is 10.5. The van der Waals surface area contributed by atoms with Crippen molar-refractivity contribution in [2.45, 2.75) is 18.9 Å². The van der Waals surface area contributed by atoms with E-state index in [1.165, 1.54) is 24.4 Å². The Morgan fingerprint density at radius 1 is 1.20 bits per heavy atom. The highest BCUT2D eigenvalue weighted by Crippen LogP contribution is 2.26. The summed E-state index contributed by atoms with van der Waals surface area (Å²) in [4.78, 5) is 12.5. The van der Waals surface area contributed by atoms with Gasteiger partial charge < -0.3 is 5.32 Å². The van der Waals surface area contributed by atoms with Gasteiger partial charge in [-0.2, -0.15) is 9.36 Å². The molecule has 0 amide bonds. The Bertz CT molecular complexity index is 451. The van der Waals surface area contributed by atoms with Gasteiger partial charge in [-0.15, -0.1) is 0 Å². The molecule has 76 valence electrons. The van der Waals surface area contributed by atoms with Crippen LogP contribution >= 0.6 is 11.5 Å². The predicted octanol–water partition coefficient (Wildman–Crippen LogP) is 1.57. The molecule has 3 rings (SSSR count). The van der Waals surface area contributed by atoms with Crippen LogP contribution < -0.4 is 5.32 Å². The van der Waals surface area contributed by atoms with Crippen LogP contribution in [0.5, 0.6) is 0 Å². The minimum atomic E-state index is 0.581. The maximum absolute atomic E-state index is 4.33. The van der Waals surface area contributed by atoms with Crippen molar-refractivity contribution < 1.29 is 0 Å². The first-order valence-corrected chi connectivity index (χ1v) is 5.57. The second-order valence-corrected chi connectivity index (χ2v) is 4.17. The van der Waals surface area contributed by atoms with E-state index in [2.05, 4.69) is 24.6 Å². The fourth-order valence-corrected chi connectivity index (χ4v) is 1.83. The van der Waals surface area contributed by atoms with Gasteiger partial charge in [0.15, 0.2) is 5.82 Å². The summed E-state index contributed by atoms with van der Waals surface area (Å²) in [6.07, 6.45) is 5.85. The Morgan fingerprint density at radius 3 is 2.73 bits per heavy atom. The van der Waals surface area contributed by atoms with E-state index in [1.54, 1.807) is 18.5 Å². The third kappa shape index (κ3) is 1.94. The van der Waals surface area contributed by atoms with Crippen molar-refractivity contribution in [3.63, 3.8) is 0 Å². The van der Waals surface area contributed by atoms with Crippen LogP contribution in [0.2, 0.25) is 0 Å². The molecule has 2 heterocycles. The molecule has 1 aliphatic carbocycles. The molecule has 0 saturated heterocycles. The summed E-state index contributed by atoms with van der Waals surface area (Å²) in [6.45, 7) is 0. The predicted molar refractivity (Wildman–Crippen MR) is 57.6 cm³/mol. The zero-order valence-electron chi connectivity index (χ0n) is 7.92. The van der Waals surface area contributed by atoms with Crippen LogP contribution in [0.4, 0.5) is 5.13 Å². The van der Waals surface area contributed by atoms with Crippen LogP contribution in [-0.4, -0.2) is 25.4 Å². The fraction of sp³-hybridized carbons (Fsp3) is 0.333. The van der Waals surface area contributed by atoms with E-state index in [1.807, 2.05) is 0 Å². The molecule has 15 heavy (non-hydrogen) atoms. The van der Waals surface area contributed by atoms with Gasteiger partial charge in [0.1, 0.15) is 0 Å². The van der Waals surface area contributed by atoms with Crippen molar-refractivity contribution in [2.75, 3.05) is 5.32 Å². The quantitative estimate of drug-likeness (QED) is 0.848. The van der Waals surface area contributed by atoms with Crippen LogP contribution in [-0.2, 0) is 0 Å². The lowest BCUT2D eigenvalue weighted by molar-refractivity contribution is 1.10. The normalized spacial score (nSPS) is 15.2. The smallest absolute Gasteiger partial charge is 0.212 e. The highest BCUT2D eigenvalue weighted by molar-refractivity contribution is 7.09. The van der Waals surface area contributed by atoms with Crippen molar-refractivity contribution >= 4 is 16.7 Å². The van der Waals surface area contributed by atoms with Gasteiger partial charge in [-0.1, -0.05) is 0 Å². The second kappa shape index (κ2) is 3.54. The van der Waals surface area contributed by atoms with Crippen molar-refractivity contribution in [2.24, 2.45) is 0 Å². The van der Waals surface area contributed by atoms with E-state index < -0.39 is 0 Å². The van der Waals surface area contributed by atoms with Gasteiger partial charge >= 0.3 is 0 Å². The summed E-state index contributed by atoms with van der Waals surface area (Å²) in [5.41, 5.74) is 0. The molecule has 1 fully saturated rings. The average molecular weight is 219 g/mol. The van der Waals surface area contributed by atoms with Crippen molar-refractivity contribution in [3.05, 3.63) is 18.5 Å². The third-order valence-electron chi connectivity index (χ3n) is 2.10. The van der Waals surface area contributed by atoms with E-state index in [9.17, 15) is 0 Å². The molecule has 0 aromatic carbocycles. The molecular formula is C9H9N5S. The van der Waals surface area contributed by atoms with Gasteiger partial charge in [0.25, 0.3) is 0 Å². The lowest BCUT2D eigenvalue weighted by Gasteiger charge is -1.94. The molecule has 0 spiro atoms. The fourth-order valence-electron chi connectivity index (χ4n) is 1.19. The molecule has 0 bridgehead atoms. The Morgan fingerprint density at radius 2 is 2.00 bits per heavy atom. The van der Waals surface area contributed by atoms with Crippen molar-refractivity contribution in [3.8, 4) is 11.6 Å². The standard InChI is InChI=1S/C9H9N5S/c1-4-10-7(11-5-1)8-13-9(15-14-8)12-6-2-3-6/h1,4-6H,2-3H2,(H,12,13,14). The second-order valence-electron chi connectivity index (χ2n) is 3.41. The van der Waals surface area contributed by atoms with E-state index in [0.29, 0.717) is 17.7 Å². The van der Waals surface area contributed by atoms with Crippen LogP contribution in [0.3, 0.4) is 0 Å². The topological polar surface area (TPSA) is 63.6 Å². The van der Waals surface area contributed by atoms with Crippen LogP contribution in [0.15, 0.2) is 18.5 Å². The van der Waals surface area contributed by atoms with Crippen molar-refractivity contribution in [1.29, 1.82) is 0 Å². The monoisotopic (exact) mass is 219 g/mol. The Hall–Kier alpha value is -1.56. The van der Waals surface area contributed by atoms with Gasteiger partial charge in [-0.3, -0.25) is 0 Å². The molecule has 1 N–H and O–H groups in total. The number of aromatic nitrogens is 4. The average Bonchev–Trinajstić information content (AvgIpc) is 2.96. The molecule has 2 aromatic heterocycles. The molecule has 6 heteroatoms. The molecule has 0 radical (unpaired) electrons. The molecule has 2 aromatic rings. The molecule has 1 aliphatic rings. The zero-order valence-corrected chi connectivity index (χ0v) is 8.74. The number of nitrogens with one attached hydrogen (secondary N) is 1. The summed E-state index contributed by atoms with van der Waals surface area (Å²) in [5, 5.41) is 4.16. The Labute approximate surface area is 90.8 Å². The van der Waals surface area contributed by atoms with Gasteiger partial charge in [0.05, 0.1) is 0 Å². The SMILES string of the molecule is c1cnc(-c2nsc(NC3CC3)n2)nc1. The van der Waals surface area contributed by atoms with Gasteiger partial charge in [-0.05, 0) is 18.9 Å². The molecular weight excluding hydrogens is 210 g/mol. The summed E-state index contributed by atoms with van der Waals surface area (Å²) in [5.74, 6) is 1.18. The number of anilines is 1. The third-order valence-corrected chi connectivity index (χ3v) is 2.74. The van der Waals surface area contributed by atoms with Gasteiger partial charge in [-0.25, -0.2) is 9.97 Å². The maximum atomic E-state index is 4.33. The minimum Gasteiger partial charge on any atom is -0.358 e. The van der Waals surface area contributed by atoms with E-state index in [4.69, 9.17) is 0 Å². The highest BCUT2D eigenvalue weighted by atomic mass is 32.1. The highest BCUT2D eigenvalue weighted by Gasteiger charge is 2.22. The first kappa shape index (κ1) is 8.72. The van der Waals surface area contributed by atoms with E-state index in [0.717, 1.165) is 5.13 Å². The number of nitrogens with zero attached hydrogens (tertiary/aromatic N) is 4. The Balaban J connectivity index is 1.83. The molecule has 0 atom stereocenters. The van der Waals surface area contributed by atoms with E-state index in [-0.39, 0.29) is 0 Å². The van der Waals surface area contributed by atoms with Crippen LogP contribution in [0.1, 0.15) is 12.8 Å². The number of hydrogen-bond acceptors (Lipinski definition) is 6. The summed E-state index contributed by atoms with van der Waals surface area (Å²) >= 11 is 1.36. The first-order valence-electron chi connectivity index (χ1n) is 4.79. The van der Waals surface area contributed by atoms with Crippen LogP contribution in [0, 0.1) is 0 Å². The molecule has 5 nitrogen and oxygen atoms in total. The maximum Gasteiger partial charge on any atom is 0.212 e. The first-order chi connectivity index (χ1) is 7.42. The molecule has 0 unspecified atom stereocenters. The number of hydrogen-bond donors (Lipinski definition) is 1. The Kier molecular flexibility index (Phi) is 2.06. The van der Waals surface area contributed by atoms with Gasteiger partial charge in [0, 0.05) is 30.0 Å². The zero-order chi connectivity index (χ0) is 10.1.